The molecule has 0 amide bonds. The molecule has 18 heavy (non-hydrogen) atoms. The number of nitrogens with one attached hydrogen (secondary N) is 1. The number of hydrogen-bond acceptors (Lipinski definition) is 3. The molecule has 5 heteroatoms. The minimum Gasteiger partial charge on any atom is -0.496 e. The summed E-state index contributed by atoms with van der Waals surface area (Å²) in [6, 6.07) is 5.16. The number of halogens is 1. The smallest absolute Gasteiger partial charge is 0.320 e. The van der Waals surface area contributed by atoms with Crippen molar-refractivity contribution in [3.8, 4) is 5.75 Å². The molecule has 0 radical (unpaired) electrons. The lowest BCUT2D eigenvalue weighted by Crippen LogP contribution is -2.37. The summed E-state index contributed by atoms with van der Waals surface area (Å²) in [4.78, 5) is 11.0. The monoisotopic (exact) mass is 315 g/mol. The second-order valence-electron chi connectivity index (χ2n) is 4.08. The van der Waals surface area contributed by atoms with Crippen LogP contribution >= 0.6 is 15.9 Å². The van der Waals surface area contributed by atoms with Gasteiger partial charge in [0.25, 0.3) is 0 Å². The van der Waals surface area contributed by atoms with E-state index in [1.54, 1.807) is 7.11 Å². The fraction of sp³-hybridized carbons (Fsp3) is 0.462. The molecule has 1 aromatic carbocycles. The maximum atomic E-state index is 11.0. The highest BCUT2D eigenvalue weighted by atomic mass is 79.9. The number of carbonyl (C=O) groups is 1. The van der Waals surface area contributed by atoms with Gasteiger partial charge < -0.3 is 9.84 Å². The molecule has 2 unspecified atom stereocenters. The Bertz CT molecular complexity index is 423. The van der Waals surface area contributed by atoms with E-state index in [1.807, 2.05) is 32.0 Å². The number of aliphatic carboxylic acids is 1. The van der Waals surface area contributed by atoms with Crippen LogP contribution in [0.2, 0.25) is 0 Å². The molecule has 2 N–H and O–H groups in total. The lowest BCUT2D eigenvalue weighted by Gasteiger charge is -2.20. The van der Waals surface area contributed by atoms with E-state index in [0.717, 1.165) is 15.8 Å². The predicted octanol–water partition coefficient (Wildman–Crippen LogP) is 2.97. The van der Waals surface area contributed by atoms with Crippen molar-refractivity contribution in [2.75, 3.05) is 7.11 Å². The molecule has 1 aromatic rings. The van der Waals surface area contributed by atoms with Gasteiger partial charge in [0.1, 0.15) is 11.8 Å². The molecule has 0 aliphatic heterocycles. The van der Waals surface area contributed by atoms with E-state index in [1.165, 1.54) is 0 Å². The number of hydrogen-bond donors (Lipinski definition) is 2. The van der Waals surface area contributed by atoms with Crippen LogP contribution in [0.5, 0.6) is 5.75 Å². The number of rotatable bonds is 6. The van der Waals surface area contributed by atoms with E-state index in [-0.39, 0.29) is 6.04 Å². The zero-order valence-electron chi connectivity index (χ0n) is 10.7. The van der Waals surface area contributed by atoms with Crippen molar-refractivity contribution in [2.45, 2.75) is 32.4 Å². The van der Waals surface area contributed by atoms with Crippen molar-refractivity contribution >= 4 is 21.9 Å². The standard InChI is InChI=1S/C13H18BrNO3/c1-4-11(13(16)17)15-8(2)9-5-6-12(18-3)10(14)7-9/h5-8,11,15H,4H2,1-3H3,(H,16,17). The predicted molar refractivity (Wildman–Crippen MR) is 74.0 cm³/mol. The van der Waals surface area contributed by atoms with Gasteiger partial charge >= 0.3 is 5.97 Å². The van der Waals surface area contributed by atoms with E-state index in [4.69, 9.17) is 9.84 Å². The third kappa shape index (κ3) is 3.71. The summed E-state index contributed by atoms with van der Waals surface area (Å²) in [5.74, 6) is -0.0619. The fourth-order valence-corrected chi connectivity index (χ4v) is 2.27. The van der Waals surface area contributed by atoms with E-state index < -0.39 is 12.0 Å². The molecule has 100 valence electrons. The third-order valence-corrected chi connectivity index (χ3v) is 3.45. The Kier molecular flexibility index (Phi) is 5.62. The molecule has 0 aromatic heterocycles. The lowest BCUT2D eigenvalue weighted by atomic mass is 10.1. The van der Waals surface area contributed by atoms with Crippen LogP contribution in [0.25, 0.3) is 0 Å². The van der Waals surface area contributed by atoms with E-state index in [2.05, 4.69) is 21.2 Å². The summed E-state index contributed by atoms with van der Waals surface area (Å²) in [6.45, 7) is 3.79. The SMILES string of the molecule is CCC(NC(C)c1ccc(OC)c(Br)c1)C(=O)O. The van der Waals surface area contributed by atoms with Crippen molar-refractivity contribution in [3.05, 3.63) is 28.2 Å². The molecular weight excluding hydrogens is 298 g/mol. The molecule has 0 fully saturated rings. The first kappa shape index (κ1) is 15.0. The molecule has 0 saturated heterocycles. The molecule has 1 rings (SSSR count). The van der Waals surface area contributed by atoms with Gasteiger partial charge in [0.2, 0.25) is 0 Å². The first-order chi connectivity index (χ1) is 8.49. The zero-order chi connectivity index (χ0) is 13.7. The van der Waals surface area contributed by atoms with Crippen LogP contribution in [0.15, 0.2) is 22.7 Å². The van der Waals surface area contributed by atoms with Crippen molar-refractivity contribution in [2.24, 2.45) is 0 Å². The molecule has 0 aliphatic rings. The average molecular weight is 316 g/mol. The van der Waals surface area contributed by atoms with Crippen molar-refractivity contribution in [1.29, 1.82) is 0 Å². The number of carboxylic acids is 1. The number of benzene rings is 1. The second-order valence-corrected chi connectivity index (χ2v) is 4.94. The van der Waals surface area contributed by atoms with Gasteiger partial charge in [0.15, 0.2) is 0 Å². The Morgan fingerprint density at radius 2 is 2.22 bits per heavy atom. The lowest BCUT2D eigenvalue weighted by molar-refractivity contribution is -0.139. The summed E-state index contributed by atoms with van der Waals surface area (Å²) in [7, 11) is 1.61. The van der Waals surface area contributed by atoms with Gasteiger partial charge in [0.05, 0.1) is 11.6 Å². The maximum Gasteiger partial charge on any atom is 0.320 e. The second kappa shape index (κ2) is 6.75. The van der Waals surface area contributed by atoms with Gasteiger partial charge in [-0.1, -0.05) is 13.0 Å². The highest BCUT2D eigenvalue weighted by Gasteiger charge is 2.18. The topological polar surface area (TPSA) is 58.6 Å². The van der Waals surface area contributed by atoms with Crippen molar-refractivity contribution in [1.82, 2.24) is 5.32 Å². The Balaban J connectivity index is 2.81. The van der Waals surface area contributed by atoms with E-state index in [9.17, 15) is 4.79 Å². The molecule has 0 aliphatic carbocycles. The molecular formula is C13H18BrNO3. The molecule has 0 saturated carbocycles. The van der Waals surface area contributed by atoms with E-state index in [0.29, 0.717) is 6.42 Å². The van der Waals surface area contributed by atoms with Gasteiger partial charge in [-0.25, -0.2) is 0 Å². The van der Waals surface area contributed by atoms with Crippen LogP contribution in [-0.4, -0.2) is 24.2 Å². The van der Waals surface area contributed by atoms with Gasteiger partial charge in [-0.3, -0.25) is 10.1 Å². The molecule has 0 bridgehead atoms. The normalized spacial score (nSPS) is 14.0. The van der Waals surface area contributed by atoms with Gasteiger partial charge in [-0.15, -0.1) is 0 Å². The summed E-state index contributed by atoms with van der Waals surface area (Å²) in [6.07, 6.45) is 0.553. The summed E-state index contributed by atoms with van der Waals surface area (Å²) in [5.41, 5.74) is 1.02. The molecule has 2 atom stereocenters. The third-order valence-electron chi connectivity index (χ3n) is 2.83. The van der Waals surface area contributed by atoms with Crippen LogP contribution < -0.4 is 10.1 Å². The Morgan fingerprint density at radius 1 is 1.56 bits per heavy atom. The highest BCUT2D eigenvalue weighted by molar-refractivity contribution is 9.10. The summed E-state index contributed by atoms with van der Waals surface area (Å²) < 4.78 is 6.02. The molecule has 0 spiro atoms. The number of methoxy groups -OCH3 is 1. The number of carboxylic acid groups (broad SMARTS) is 1. The summed E-state index contributed by atoms with van der Waals surface area (Å²) >= 11 is 3.42. The minimum absolute atomic E-state index is 0.0340. The van der Waals surface area contributed by atoms with Crippen LogP contribution in [0, 0.1) is 0 Å². The van der Waals surface area contributed by atoms with Crippen LogP contribution in [0.3, 0.4) is 0 Å². The zero-order valence-corrected chi connectivity index (χ0v) is 12.3. The van der Waals surface area contributed by atoms with Gasteiger partial charge in [-0.2, -0.15) is 0 Å². The largest absolute Gasteiger partial charge is 0.496 e. The number of ether oxygens (including phenoxy) is 1. The fourth-order valence-electron chi connectivity index (χ4n) is 1.71. The van der Waals surface area contributed by atoms with Gasteiger partial charge in [0, 0.05) is 6.04 Å². The van der Waals surface area contributed by atoms with Crippen LogP contribution in [0.4, 0.5) is 0 Å². The Hall–Kier alpha value is -1.07. The molecule has 4 nitrogen and oxygen atoms in total. The highest BCUT2D eigenvalue weighted by Crippen LogP contribution is 2.28. The Labute approximate surface area is 115 Å². The minimum atomic E-state index is -0.822. The van der Waals surface area contributed by atoms with E-state index >= 15 is 0 Å². The average Bonchev–Trinajstić information content (AvgIpc) is 2.35. The Morgan fingerprint density at radius 3 is 2.67 bits per heavy atom. The van der Waals surface area contributed by atoms with Crippen molar-refractivity contribution < 1.29 is 14.6 Å². The van der Waals surface area contributed by atoms with Gasteiger partial charge in [-0.05, 0) is 47.0 Å². The molecule has 0 heterocycles. The maximum absolute atomic E-state index is 11.0. The summed E-state index contributed by atoms with van der Waals surface area (Å²) in [5, 5.41) is 12.1. The quantitative estimate of drug-likeness (QED) is 0.847. The first-order valence-corrected chi connectivity index (χ1v) is 6.61. The van der Waals surface area contributed by atoms with Crippen LogP contribution in [-0.2, 0) is 4.79 Å². The first-order valence-electron chi connectivity index (χ1n) is 5.81. The van der Waals surface area contributed by atoms with Crippen LogP contribution in [0.1, 0.15) is 31.9 Å². The van der Waals surface area contributed by atoms with Crippen molar-refractivity contribution in [3.63, 3.8) is 0 Å².